The van der Waals surface area contributed by atoms with E-state index in [1.807, 2.05) is 45.2 Å². The Bertz CT molecular complexity index is 717. The molecule has 0 bridgehead atoms. The zero-order valence-corrected chi connectivity index (χ0v) is 16.7. The lowest BCUT2D eigenvalue weighted by molar-refractivity contribution is -0.139. The number of carbonyl (C=O) groups excluding carboxylic acids is 2. The Labute approximate surface area is 160 Å². The minimum atomic E-state index is -0.588. The van der Waals surface area contributed by atoms with E-state index >= 15 is 0 Å². The van der Waals surface area contributed by atoms with Crippen molar-refractivity contribution in [3.8, 4) is 5.75 Å². The Morgan fingerprint density at radius 3 is 2.63 bits per heavy atom. The molecule has 1 aromatic rings. The van der Waals surface area contributed by atoms with E-state index in [1.54, 1.807) is 18.9 Å². The highest BCUT2D eigenvalue weighted by Gasteiger charge is 2.37. The Balaban J connectivity index is 2.62. The van der Waals surface area contributed by atoms with Crippen molar-refractivity contribution < 1.29 is 19.1 Å². The number of nitrogens with zero attached hydrogens (tertiary/aromatic N) is 2. The van der Waals surface area contributed by atoms with Gasteiger partial charge in [-0.25, -0.2) is 9.59 Å². The third kappa shape index (κ3) is 4.60. The molecular formula is C20H29N3O4. The maximum atomic E-state index is 12.9. The molecule has 7 nitrogen and oxygen atoms in total. The molecule has 27 heavy (non-hydrogen) atoms. The van der Waals surface area contributed by atoms with Crippen molar-refractivity contribution in [3.05, 3.63) is 41.1 Å². The largest absolute Gasteiger partial charge is 0.497 e. The van der Waals surface area contributed by atoms with E-state index in [4.69, 9.17) is 9.47 Å². The molecular weight excluding hydrogens is 346 g/mol. The molecule has 1 N–H and O–H groups in total. The molecule has 0 saturated carbocycles. The van der Waals surface area contributed by atoms with Gasteiger partial charge in [0.1, 0.15) is 5.75 Å². The first-order valence-corrected chi connectivity index (χ1v) is 9.27. The van der Waals surface area contributed by atoms with Crippen molar-refractivity contribution in [1.29, 1.82) is 0 Å². The van der Waals surface area contributed by atoms with Crippen LogP contribution >= 0.6 is 0 Å². The van der Waals surface area contributed by atoms with Crippen molar-refractivity contribution in [2.24, 2.45) is 0 Å². The number of esters is 1. The Hall–Kier alpha value is -2.54. The molecule has 7 heteroatoms. The molecule has 0 radical (unpaired) electrons. The first-order valence-electron chi connectivity index (χ1n) is 9.27. The van der Waals surface area contributed by atoms with Gasteiger partial charge in [-0.3, -0.25) is 4.90 Å². The van der Waals surface area contributed by atoms with E-state index in [0.29, 0.717) is 30.1 Å². The zero-order chi connectivity index (χ0) is 20.0. The lowest BCUT2D eigenvalue weighted by atomic mass is 9.94. The van der Waals surface area contributed by atoms with Crippen molar-refractivity contribution >= 4 is 12.0 Å². The molecule has 1 heterocycles. The maximum Gasteiger partial charge on any atom is 0.338 e. The lowest BCUT2D eigenvalue weighted by Gasteiger charge is -2.37. The zero-order valence-electron chi connectivity index (χ0n) is 16.7. The summed E-state index contributed by atoms with van der Waals surface area (Å²) < 4.78 is 10.6. The van der Waals surface area contributed by atoms with E-state index < -0.39 is 12.0 Å². The number of nitrogens with one attached hydrogen (secondary N) is 1. The minimum Gasteiger partial charge on any atom is -0.497 e. The van der Waals surface area contributed by atoms with Gasteiger partial charge < -0.3 is 19.7 Å². The molecule has 2 rings (SSSR count). The number of amides is 2. The van der Waals surface area contributed by atoms with Gasteiger partial charge in [0.15, 0.2) is 0 Å². The van der Waals surface area contributed by atoms with Gasteiger partial charge in [-0.2, -0.15) is 0 Å². The van der Waals surface area contributed by atoms with Crippen LogP contribution in [0.5, 0.6) is 5.75 Å². The average Bonchev–Trinajstić information content (AvgIpc) is 2.67. The van der Waals surface area contributed by atoms with Gasteiger partial charge in [0.05, 0.1) is 25.3 Å². The molecule has 0 fully saturated rings. The van der Waals surface area contributed by atoms with Crippen molar-refractivity contribution in [1.82, 2.24) is 15.1 Å². The number of hydrogen-bond acceptors (Lipinski definition) is 5. The summed E-state index contributed by atoms with van der Waals surface area (Å²) in [4.78, 5) is 29.3. The molecule has 0 aromatic heterocycles. The second-order valence-electron chi connectivity index (χ2n) is 6.31. The quantitative estimate of drug-likeness (QED) is 0.707. The molecule has 148 valence electrons. The second kappa shape index (κ2) is 9.41. The summed E-state index contributed by atoms with van der Waals surface area (Å²) in [6, 6.07) is 6.55. The molecule has 1 atom stereocenters. The summed E-state index contributed by atoms with van der Waals surface area (Å²) in [5.41, 5.74) is 1.92. The van der Waals surface area contributed by atoms with E-state index in [1.165, 1.54) is 0 Å². The fourth-order valence-corrected chi connectivity index (χ4v) is 3.10. The number of methoxy groups -OCH3 is 1. The van der Waals surface area contributed by atoms with Crippen LogP contribution in [0.1, 0.15) is 32.4 Å². The minimum absolute atomic E-state index is 0.224. The first-order chi connectivity index (χ1) is 13.0. The summed E-state index contributed by atoms with van der Waals surface area (Å²) in [7, 11) is 3.54. The number of carbonyl (C=O) groups is 2. The topological polar surface area (TPSA) is 71.1 Å². The van der Waals surface area contributed by atoms with Gasteiger partial charge in [0.25, 0.3) is 0 Å². The molecule has 0 spiro atoms. The average molecular weight is 375 g/mol. The van der Waals surface area contributed by atoms with Crippen LogP contribution in [0.15, 0.2) is 35.5 Å². The fraction of sp³-hybridized carbons (Fsp3) is 0.500. The number of hydrogen-bond donors (Lipinski definition) is 1. The molecule has 2 amide bonds. The van der Waals surface area contributed by atoms with Gasteiger partial charge in [-0.05, 0) is 45.1 Å². The van der Waals surface area contributed by atoms with Crippen LogP contribution in [0, 0.1) is 0 Å². The monoisotopic (exact) mass is 375 g/mol. The van der Waals surface area contributed by atoms with Crippen LogP contribution in [0.25, 0.3) is 0 Å². The highest BCUT2D eigenvalue weighted by molar-refractivity contribution is 5.95. The highest BCUT2D eigenvalue weighted by Crippen LogP contribution is 2.33. The van der Waals surface area contributed by atoms with Crippen LogP contribution in [0.4, 0.5) is 4.79 Å². The third-order valence-corrected chi connectivity index (χ3v) is 4.64. The van der Waals surface area contributed by atoms with E-state index in [-0.39, 0.29) is 12.6 Å². The van der Waals surface area contributed by atoms with Gasteiger partial charge >= 0.3 is 12.0 Å². The van der Waals surface area contributed by atoms with Crippen LogP contribution in [0.2, 0.25) is 0 Å². The predicted octanol–water partition coefficient (Wildman–Crippen LogP) is 2.55. The lowest BCUT2D eigenvalue weighted by Crippen LogP contribution is -2.50. The molecule has 1 unspecified atom stereocenters. The van der Waals surface area contributed by atoms with Crippen molar-refractivity contribution in [2.75, 3.05) is 40.4 Å². The Morgan fingerprint density at radius 2 is 2.04 bits per heavy atom. The van der Waals surface area contributed by atoms with Crippen LogP contribution < -0.4 is 10.1 Å². The van der Waals surface area contributed by atoms with Gasteiger partial charge in [0, 0.05) is 18.8 Å². The summed E-state index contributed by atoms with van der Waals surface area (Å²) in [5.74, 6) is 0.248. The number of urea groups is 1. The molecule has 0 saturated heterocycles. The number of benzene rings is 1. The number of likely N-dealkylation sites (N-methyl/N-ethyl adjacent to an activating group) is 2. The number of rotatable bonds is 8. The van der Waals surface area contributed by atoms with Crippen molar-refractivity contribution in [3.63, 3.8) is 0 Å². The first kappa shape index (κ1) is 20.8. The highest BCUT2D eigenvalue weighted by atomic mass is 16.5. The maximum absolute atomic E-state index is 12.9. The number of ether oxygens (including phenoxy) is 2. The molecule has 1 aliphatic heterocycles. The predicted molar refractivity (Wildman–Crippen MR) is 103 cm³/mol. The SMILES string of the molecule is CCOC(=O)C1=C(CN(C)CC)N(CC)C(=O)NC1c1cccc(OC)c1. The normalized spacial score (nSPS) is 17.2. The Morgan fingerprint density at radius 1 is 1.30 bits per heavy atom. The van der Waals surface area contributed by atoms with Gasteiger partial charge in [0.2, 0.25) is 0 Å². The van der Waals surface area contributed by atoms with Gasteiger partial charge in [-0.15, -0.1) is 0 Å². The third-order valence-electron chi connectivity index (χ3n) is 4.64. The summed E-state index contributed by atoms with van der Waals surface area (Å²) in [6.07, 6.45) is 0. The van der Waals surface area contributed by atoms with E-state index in [0.717, 1.165) is 12.1 Å². The Kier molecular flexibility index (Phi) is 7.24. The van der Waals surface area contributed by atoms with Crippen LogP contribution in [-0.2, 0) is 9.53 Å². The summed E-state index contributed by atoms with van der Waals surface area (Å²) in [5, 5.41) is 2.95. The van der Waals surface area contributed by atoms with Crippen LogP contribution in [-0.4, -0.2) is 62.2 Å². The van der Waals surface area contributed by atoms with Gasteiger partial charge in [-0.1, -0.05) is 19.1 Å². The van der Waals surface area contributed by atoms with E-state index in [2.05, 4.69) is 10.2 Å². The van der Waals surface area contributed by atoms with Crippen molar-refractivity contribution in [2.45, 2.75) is 26.8 Å². The van der Waals surface area contributed by atoms with E-state index in [9.17, 15) is 9.59 Å². The second-order valence-corrected chi connectivity index (χ2v) is 6.31. The molecule has 1 aromatic carbocycles. The molecule has 1 aliphatic rings. The fourth-order valence-electron chi connectivity index (χ4n) is 3.10. The standard InChI is InChI=1S/C20H29N3O4/c1-6-22(4)13-16-17(19(24)27-8-3)18(21-20(25)23(16)7-2)14-10-9-11-15(12-14)26-5/h9-12,18H,6-8,13H2,1-5H3,(H,21,25). The summed E-state index contributed by atoms with van der Waals surface area (Å²) in [6.45, 7) is 7.70. The summed E-state index contributed by atoms with van der Waals surface area (Å²) >= 11 is 0. The van der Waals surface area contributed by atoms with Crippen LogP contribution in [0.3, 0.4) is 0 Å². The smallest absolute Gasteiger partial charge is 0.338 e. The molecule has 0 aliphatic carbocycles.